The van der Waals surface area contributed by atoms with Crippen LogP contribution in [-0.2, 0) is 12.8 Å². The van der Waals surface area contributed by atoms with E-state index < -0.39 is 0 Å². The molecule has 0 heterocycles. The van der Waals surface area contributed by atoms with Gasteiger partial charge in [-0.25, -0.2) is 0 Å². The van der Waals surface area contributed by atoms with E-state index in [-0.39, 0.29) is 0 Å². The van der Waals surface area contributed by atoms with Crippen LogP contribution < -0.4 is 22.5 Å². The lowest BCUT2D eigenvalue weighted by Crippen LogP contribution is -2.00. The third kappa shape index (κ3) is 3.95. The van der Waals surface area contributed by atoms with E-state index in [0.717, 1.165) is 36.2 Å². The second-order valence-electron chi connectivity index (χ2n) is 5.34. The van der Waals surface area contributed by atoms with Crippen molar-refractivity contribution >= 4 is 17.1 Å². The second kappa shape index (κ2) is 7.41. The van der Waals surface area contributed by atoms with Crippen molar-refractivity contribution in [3.05, 3.63) is 65.4 Å². The normalized spacial score (nSPS) is 11.4. The summed E-state index contributed by atoms with van der Waals surface area (Å²) in [4.78, 5) is 0. The summed E-state index contributed by atoms with van der Waals surface area (Å²) in [6.07, 6.45) is 4.58. The average Bonchev–Trinajstić information content (AvgIpc) is 2.56. The number of nitrogens with one attached hydrogen (secondary N) is 1. The fraction of sp³-hybridized carbons (Fsp3) is 0.222. The second-order valence-corrected chi connectivity index (χ2v) is 5.34. The van der Waals surface area contributed by atoms with Crippen LogP contribution in [0.2, 0.25) is 0 Å². The molecule has 0 fully saturated rings. The van der Waals surface area contributed by atoms with Gasteiger partial charge >= 0.3 is 0 Å². The Hall–Kier alpha value is -2.62. The van der Waals surface area contributed by atoms with E-state index in [9.17, 15) is 0 Å². The van der Waals surface area contributed by atoms with Crippen LogP contribution in [0, 0.1) is 0 Å². The van der Waals surface area contributed by atoms with Crippen LogP contribution in [0.4, 0.5) is 11.4 Å². The van der Waals surface area contributed by atoms with Crippen molar-refractivity contribution in [2.75, 3.05) is 18.1 Å². The molecule has 116 valence electrons. The zero-order valence-corrected chi connectivity index (χ0v) is 13.0. The Morgan fingerprint density at radius 2 is 1.68 bits per heavy atom. The standard InChI is InChI=1S/C18H24N4/c1-22-18-11-14(7-10-16(18)20)4-2-3-13-5-8-15(9-6-13)17(21)12-19/h5-12,22H,2-4,19-21H2,1H3/b17-12-. The number of aryl methyl sites for hydroxylation is 2. The molecule has 2 rings (SSSR count). The summed E-state index contributed by atoms with van der Waals surface area (Å²) in [5.74, 6) is 0. The van der Waals surface area contributed by atoms with E-state index in [1.807, 2.05) is 25.2 Å². The minimum atomic E-state index is 0.605. The third-order valence-corrected chi connectivity index (χ3v) is 3.78. The van der Waals surface area contributed by atoms with Crippen molar-refractivity contribution < 1.29 is 0 Å². The number of anilines is 2. The van der Waals surface area contributed by atoms with Gasteiger partial charge in [0.15, 0.2) is 0 Å². The highest BCUT2D eigenvalue weighted by Gasteiger charge is 2.01. The zero-order chi connectivity index (χ0) is 15.9. The number of nitrogens with two attached hydrogens (primary N) is 3. The molecule has 0 aliphatic carbocycles. The van der Waals surface area contributed by atoms with Crippen LogP contribution in [0.15, 0.2) is 48.7 Å². The van der Waals surface area contributed by atoms with Gasteiger partial charge in [-0.2, -0.15) is 0 Å². The number of benzene rings is 2. The third-order valence-electron chi connectivity index (χ3n) is 3.78. The number of hydrogen-bond acceptors (Lipinski definition) is 4. The fourth-order valence-electron chi connectivity index (χ4n) is 2.43. The van der Waals surface area contributed by atoms with Gasteiger partial charge in [0.1, 0.15) is 0 Å². The van der Waals surface area contributed by atoms with Gasteiger partial charge in [0.25, 0.3) is 0 Å². The smallest absolute Gasteiger partial charge is 0.0574 e. The highest BCUT2D eigenvalue weighted by Crippen LogP contribution is 2.20. The van der Waals surface area contributed by atoms with E-state index in [2.05, 4.69) is 29.6 Å². The minimum Gasteiger partial charge on any atom is -0.403 e. The van der Waals surface area contributed by atoms with Crippen LogP contribution in [-0.4, -0.2) is 7.05 Å². The van der Waals surface area contributed by atoms with Crippen LogP contribution in [0.25, 0.3) is 5.70 Å². The molecule has 4 heteroatoms. The van der Waals surface area contributed by atoms with Crippen LogP contribution in [0.1, 0.15) is 23.1 Å². The van der Waals surface area contributed by atoms with Crippen LogP contribution in [0.5, 0.6) is 0 Å². The van der Waals surface area contributed by atoms with Crippen molar-refractivity contribution in [1.29, 1.82) is 0 Å². The molecule has 0 aliphatic heterocycles. The fourth-order valence-corrected chi connectivity index (χ4v) is 2.43. The Labute approximate surface area is 132 Å². The predicted molar refractivity (Wildman–Crippen MR) is 95.2 cm³/mol. The van der Waals surface area contributed by atoms with E-state index in [1.54, 1.807) is 0 Å². The zero-order valence-electron chi connectivity index (χ0n) is 13.0. The van der Waals surface area contributed by atoms with E-state index in [1.165, 1.54) is 17.3 Å². The highest BCUT2D eigenvalue weighted by atomic mass is 14.8. The molecule has 0 aliphatic rings. The molecular formula is C18H24N4. The topological polar surface area (TPSA) is 90.1 Å². The van der Waals surface area contributed by atoms with Gasteiger partial charge in [-0.15, -0.1) is 0 Å². The van der Waals surface area contributed by atoms with Gasteiger partial charge in [0.2, 0.25) is 0 Å². The van der Waals surface area contributed by atoms with Crippen LogP contribution in [0.3, 0.4) is 0 Å². The summed E-state index contributed by atoms with van der Waals surface area (Å²) in [6.45, 7) is 0. The minimum absolute atomic E-state index is 0.605. The summed E-state index contributed by atoms with van der Waals surface area (Å²) >= 11 is 0. The summed E-state index contributed by atoms with van der Waals surface area (Å²) in [7, 11) is 1.89. The first-order valence-electron chi connectivity index (χ1n) is 7.47. The Kier molecular flexibility index (Phi) is 5.31. The van der Waals surface area contributed by atoms with E-state index in [0.29, 0.717) is 5.70 Å². The molecule has 0 saturated heterocycles. The molecule has 0 amide bonds. The maximum Gasteiger partial charge on any atom is 0.0574 e. The van der Waals surface area contributed by atoms with Crippen molar-refractivity contribution in [1.82, 2.24) is 0 Å². The van der Waals surface area contributed by atoms with Gasteiger partial charge < -0.3 is 22.5 Å². The predicted octanol–water partition coefficient (Wildman–Crippen LogP) is 2.70. The molecule has 0 aromatic heterocycles. The summed E-state index contributed by atoms with van der Waals surface area (Å²) < 4.78 is 0. The summed E-state index contributed by atoms with van der Waals surface area (Å²) in [5, 5.41) is 3.11. The number of nitrogen functional groups attached to an aromatic ring is 1. The summed E-state index contributed by atoms with van der Waals surface area (Å²) in [5.41, 5.74) is 23.0. The molecule has 2 aromatic carbocycles. The molecule has 0 radical (unpaired) electrons. The Balaban J connectivity index is 1.91. The van der Waals surface area contributed by atoms with E-state index in [4.69, 9.17) is 17.2 Å². The first kappa shape index (κ1) is 15.8. The molecule has 0 saturated carbocycles. The molecule has 0 atom stereocenters. The quantitative estimate of drug-likeness (QED) is 0.617. The van der Waals surface area contributed by atoms with Crippen LogP contribution >= 0.6 is 0 Å². The molecule has 0 spiro atoms. The molecule has 0 unspecified atom stereocenters. The lowest BCUT2D eigenvalue weighted by molar-refractivity contribution is 0.821. The lowest BCUT2D eigenvalue weighted by atomic mass is 10.0. The van der Waals surface area contributed by atoms with Gasteiger partial charge in [0.05, 0.1) is 17.1 Å². The molecule has 2 aromatic rings. The van der Waals surface area contributed by atoms with Gasteiger partial charge in [-0.1, -0.05) is 30.3 Å². The maximum absolute atomic E-state index is 5.88. The largest absolute Gasteiger partial charge is 0.403 e. The van der Waals surface area contributed by atoms with E-state index >= 15 is 0 Å². The van der Waals surface area contributed by atoms with Crippen molar-refractivity contribution in [2.45, 2.75) is 19.3 Å². The number of hydrogen-bond donors (Lipinski definition) is 4. The average molecular weight is 296 g/mol. The molecule has 7 N–H and O–H groups in total. The monoisotopic (exact) mass is 296 g/mol. The van der Waals surface area contributed by atoms with Gasteiger partial charge in [-0.05, 0) is 48.1 Å². The Morgan fingerprint density at radius 1 is 1.05 bits per heavy atom. The van der Waals surface area contributed by atoms with Gasteiger partial charge in [0, 0.05) is 13.2 Å². The molecule has 22 heavy (non-hydrogen) atoms. The lowest BCUT2D eigenvalue weighted by Gasteiger charge is -2.08. The van der Waals surface area contributed by atoms with Crippen molar-refractivity contribution in [3.63, 3.8) is 0 Å². The van der Waals surface area contributed by atoms with Gasteiger partial charge in [-0.3, -0.25) is 0 Å². The Bertz CT molecular complexity index is 645. The summed E-state index contributed by atoms with van der Waals surface area (Å²) in [6, 6.07) is 14.4. The molecule has 4 nitrogen and oxygen atoms in total. The highest BCUT2D eigenvalue weighted by molar-refractivity contribution is 5.66. The number of rotatable bonds is 6. The maximum atomic E-state index is 5.88. The first-order chi connectivity index (χ1) is 10.6. The van der Waals surface area contributed by atoms with Crippen molar-refractivity contribution in [3.8, 4) is 0 Å². The Morgan fingerprint density at radius 3 is 2.32 bits per heavy atom. The van der Waals surface area contributed by atoms with Crippen molar-refractivity contribution in [2.24, 2.45) is 11.5 Å². The first-order valence-corrected chi connectivity index (χ1v) is 7.47. The molecule has 0 bridgehead atoms. The molecular weight excluding hydrogens is 272 g/mol. The SMILES string of the molecule is CNc1cc(CCCc2ccc(/C(N)=C/N)cc2)ccc1N.